The molecule has 2 N–H and O–H groups in total. The van der Waals surface area contributed by atoms with E-state index in [0.717, 1.165) is 43.8 Å². The summed E-state index contributed by atoms with van der Waals surface area (Å²) in [4.78, 5) is 31.6. The van der Waals surface area contributed by atoms with Gasteiger partial charge in [0.25, 0.3) is 0 Å². The van der Waals surface area contributed by atoms with E-state index in [4.69, 9.17) is 10.1 Å². The molecule has 4 rings (SSSR count). The van der Waals surface area contributed by atoms with Crippen LogP contribution < -0.4 is 10.2 Å². The number of piperidine rings is 1. The molecule has 2 aliphatic heterocycles. The highest BCUT2D eigenvalue weighted by atomic mass is 16.2. The van der Waals surface area contributed by atoms with Gasteiger partial charge in [-0.05, 0) is 81.9 Å². The number of nitrogens with zero attached hydrogens (tertiary/aromatic N) is 6. The molecule has 9 nitrogen and oxygen atoms in total. The van der Waals surface area contributed by atoms with E-state index in [9.17, 15) is 4.79 Å². The first-order chi connectivity index (χ1) is 22.2. The Labute approximate surface area is 280 Å². The number of carbonyl (C=O) groups excluding carboxylic acids is 1. The molecule has 0 aliphatic carbocycles. The molecule has 0 saturated carbocycles. The Hall–Kier alpha value is -3.56. The smallest absolute Gasteiger partial charge is 0.229 e. The Morgan fingerprint density at radius 3 is 2.28 bits per heavy atom. The number of nitrogens with one attached hydrogen (secondary N) is 1. The highest BCUT2D eigenvalue weighted by molar-refractivity contribution is 5.77. The van der Waals surface area contributed by atoms with E-state index in [2.05, 4.69) is 84.8 Å². The lowest BCUT2D eigenvalue weighted by atomic mass is 9.87. The van der Waals surface area contributed by atoms with Gasteiger partial charge in [0.2, 0.25) is 11.9 Å². The fraction of sp³-hybridized carbons (Fsp3) is 0.568. The van der Waals surface area contributed by atoms with E-state index >= 15 is 0 Å². The number of aryl methyl sites for hydroxylation is 1. The van der Waals surface area contributed by atoms with Crippen LogP contribution in [0.2, 0.25) is 0 Å². The Morgan fingerprint density at radius 2 is 1.74 bits per heavy atom. The summed E-state index contributed by atoms with van der Waals surface area (Å²) in [6.45, 7) is 23.4. The first-order valence-electron chi connectivity index (χ1n) is 16.9. The average molecular weight is 638 g/mol. The lowest BCUT2D eigenvalue weighted by Gasteiger charge is -2.30. The number of allylic oxidation sites excluding steroid dienone is 2. The zero-order valence-corrected chi connectivity index (χ0v) is 30.9. The molecule has 0 spiro atoms. The zero-order valence-electron chi connectivity index (χ0n) is 30.9. The maximum absolute atomic E-state index is 11.8. The number of hydrogen-bond acceptors (Lipinski definition) is 8. The quantitative estimate of drug-likeness (QED) is 0.224. The molecular weight excluding hydrogens is 574 g/mol. The molecular formula is C37H63N7O2. The molecule has 1 aromatic heterocycles. The van der Waals surface area contributed by atoms with Crippen LogP contribution in [-0.2, 0) is 4.79 Å². The van der Waals surface area contributed by atoms with Crippen molar-refractivity contribution in [1.82, 2.24) is 19.8 Å². The second-order valence-electron chi connectivity index (χ2n) is 11.1. The molecule has 0 bridgehead atoms. The summed E-state index contributed by atoms with van der Waals surface area (Å²) in [5.41, 5.74) is 4.82. The Kier molecular flexibility index (Phi) is 21.9. The van der Waals surface area contributed by atoms with Crippen molar-refractivity contribution in [3.63, 3.8) is 0 Å². The molecule has 1 fully saturated rings. The van der Waals surface area contributed by atoms with Gasteiger partial charge in [-0.2, -0.15) is 4.98 Å². The van der Waals surface area contributed by atoms with Gasteiger partial charge in [0.05, 0.1) is 0 Å². The lowest BCUT2D eigenvalue weighted by molar-refractivity contribution is -0.127. The summed E-state index contributed by atoms with van der Waals surface area (Å²) in [6.07, 6.45) is 11.5. The maximum atomic E-state index is 11.8. The van der Waals surface area contributed by atoms with Gasteiger partial charge in [-0.25, -0.2) is 9.98 Å². The molecule has 1 saturated heterocycles. The minimum Gasteiger partial charge on any atom is -0.400 e. The van der Waals surface area contributed by atoms with E-state index in [1.807, 2.05) is 52.1 Å². The lowest BCUT2D eigenvalue weighted by Crippen LogP contribution is -2.29. The topological polar surface area (TPSA) is 97.2 Å². The number of aromatic nitrogens is 2. The van der Waals surface area contributed by atoms with Crippen LogP contribution in [0.5, 0.6) is 0 Å². The third kappa shape index (κ3) is 13.0. The van der Waals surface area contributed by atoms with Gasteiger partial charge in [-0.15, -0.1) is 0 Å². The number of anilines is 3. The second kappa shape index (κ2) is 23.7. The maximum Gasteiger partial charge on any atom is 0.229 e. The molecule has 3 heterocycles. The first kappa shape index (κ1) is 42.4. The predicted octanol–water partition coefficient (Wildman–Crippen LogP) is 7.92. The number of hydrogen-bond donors (Lipinski definition) is 2. The summed E-state index contributed by atoms with van der Waals surface area (Å²) in [5.74, 6) is 3.03. The number of rotatable bonds is 8. The second-order valence-corrected chi connectivity index (χ2v) is 11.1. The van der Waals surface area contributed by atoms with Crippen LogP contribution in [0.4, 0.5) is 17.5 Å². The van der Waals surface area contributed by atoms with Crippen LogP contribution in [0.1, 0.15) is 103 Å². The van der Waals surface area contributed by atoms with Crippen molar-refractivity contribution in [2.75, 3.05) is 58.1 Å². The number of aliphatic imine (C=N–C) groups is 1. The summed E-state index contributed by atoms with van der Waals surface area (Å²) >= 11 is 0. The standard InChI is InChI=1S/C29H39N7O.C3H8.2C2H6.CH4O/c1-20-17-23(11-12-24(20)22-13-15-35(6)16-14-22)32-29-31-18-25-21(2)19-36(28(25)33-29)26(30-3)9-7-8-10-27(37)34(4)5;1-3-2;3*1-2/h7-9,11-12,17-18,21-22H,3,10,13-16,19H2,1-2,4-6H3,(H,31,32,33);3H2,1-2H3;2*1-2H3;2H,1H3/b8-7-,26-9+;;;;. The monoisotopic (exact) mass is 638 g/mol. The highest BCUT2D eigenvalue weighted by Gasteiger charge is 2.30. The van der Waals surface area contributed by atoms with Crippen molar-refractivity contribution in [3.8, 4) is 0 Å². The van der Waals surface area contributed by atoms with Crippen molar-refractivity contribution >= 4 is 30.1 Å². The summed E-state index contributed by atoms with van der Waals surface area (Å²) in [7, 11) is 6.70. The SMILES string of the molecule is C=N/C(=C\C=C/CC(=O)N(C)C)N1CC(C)c2cnc(Nc3ccc(C4CCN(C)CC4)c(C)c3)nc21.CC.CC.CCC.CO. The molecule has 1 atom stereocenters. The van der Waals surface area contributed by atoms with Crippen LogP contribution >= 0.6 is 0 Å². The number of aliphatic hydroxyl groups is 1. The Bertz CT molecular complexity index is 1220. The Balaban J connectivity index is 0.00000205. The number of fused-ring (bicyclic) bond motifs is 1. The number of amides is 1. The van der Waals surface area contributed by atoms with Crippen molar-refractivity contribution in [2.24, 2.45) is 4.99 Å². The van der Waals surface area contributed by atoms with Gasteiger partial charge < -0.3 is 25.1 Å². The van der Waals surface area contributed by atoms with Gasteiger partial charge in [0.15, 0.2) is 0 Å². The summed E-state index contributed by atoms with van der Waals surface area (Å²) in [5, 5.41) is 10.4. The van der Waals surface area contributed by atoms with Gasteiger partial charge >= 0.3 is 0 Å². The summed E-state index contributed by atoms with van der Waals surface area (Å²) < 4.78 is 0. The van der Waals surface area contributed by atoms with Crippen LogP contribution in [0.25, 0.3) is 0 Å². The van der Waals surface area contributed by atoms with Gasteiger partial charge in [0, 0.05) is 57.5 Å². The number of benzene rings is 1. The van der Waals surface area contributed by atoms with Gasteiger partial charge in [0.1, 0.15) is 11.6 Å². The minimum absolute atomic E-state index is 0.0518. The molecule has 1 amide bonds. The van der Waals surface area contributed by atoms with Crippen LogP contribution in [-0.4, -0.2) is 85.4 Å². The molecule has 46 heavy (non-hydrogen) atoms. The normalized spacial score (nSPS) is 15.9. The van der Waals surface area contributed by atoms with Crippen molar-refractivity contribution in [3.05, 3.63) is 65.1 Å². The average Bonchev–Trinajstić information content (AvgIpc) is 3.39. The van der Waals surface area contributed by atoms with Crippen molar-refractivity contribution in [1.29, 1.82) is 0 Å². The first-order valence-corrected chi connectivity index (χ1v) is 16.9. The van der Waals surface area contributed by atoms with Gasteiger partial charge in [-0.1, -0.05) is 73.1 Å². The predicted molar refractivity (Wildman–Crippen MR) is 199 cm³/mol. The molecule has 2 aromatic rings. The van der Waals surface area contributed by atoms with Crippen LogP contribution in [0.15, 0.2) is 53.4 Å². The Morgan fingerprint density at radius 1 is 1.13 bits per heavy atom. The number of carbonyl (C=O) groups is 1. The van der Waals surface area contributed by atoms with Crippen molar-refractivity contribution in [2.45, 2.75) is 92.9 Å². The largest absolute Gasteiger partial charge is 0.400 e. The van der Waals surface area contributed by atoms with E-state index in [-0.39, 0.29) is 11.8 Å². The molecule has 9 heteroatoms. The third-order valence-corrected chi connectivity index (χ3v) is 7.33. The molecule has 0 radical (unpaired) electrons. The minimum atomic E-state index is 0.0518. The third-order valence-electron chi connectivity index (χ3n) is 7.33. The molecule has 2 aliphatic rings. The fourth-order valence-electron chi connectivity index (χ4n) is 5.06. The van der Waals surface area contributed by atoms with E-state index < -0.39 is 0 Å². The van der Waals surface area contributed by atoms with Crippen LogP contribution in [0.3, 0.4) is 0 Å². The summed E-state index contributed by atoms with van der Waals surface area (Å²) in [6, 6.07) is 6.58. The molecule has 1 unspecified atom stereocenters. The fourth-order valence-corrected chi connectivity index (χ4v) is 5.06. The molecule has 1 aromatic carbocycles. The van der Waals surface area contributed by atoms with Gasteiger partial charge in [-0.3, -0.25) is 4.79 Å². The van der Waals surface area contributed by atoms with E-state index in [1.165, 1.54) is 30.4 Å². The van der Waals surface area contributed by atoms with E-state index in [0.29, 0.717) is 24.1 Å². The number of aliphatic hydroxyl groups excluding tert-OH is 1. The van der Waals surface area contributed by atoms with E-state index in [1.54, 1.807) is 19.0 Å². The van der Waals surface area contributed by atoms with Crippen molar-refractivity contribution < 1.29 is 9.90 Å². The zero-order chi connectivity index (χ0) is 35.2. The number of likely N-dealkylation sites (tertiary alicyclic amines) is 1. The van der Waals surface area contributed by atoms with Crippen LogP contribution in [0, 0.1) is 6.92 Å². The molecule has 258 valence electrons. The highest BCUT2D eigenvalue weighted by Crippen LogP contribution is 2.37.